The van der Waals surface area contributed by atoms with Gasteiger partial charge < -0.3 is 20.5 Å². The molecule has 1 aromatic carbocycles. The van der Waals surface area contributed by atoms with E-state index in [2.05, 4.69) is 15.4 Å². The van der Waals surface area contributed by atoms with Gasteiger partial charge in [-0.25, -0.2) is 9.59 Å². The Kier molecular flexibility index (Phi) is 6.12. The van der Waals surface area contributed by atoms with Crippen LogP contribution in [-0.4, -0.2) is 36.1 Å². The first-order valence-corrected chi connectivity index (χ1v) is 6.54. The molecule has 0 saturated heterocycles. The van der Waals surface area contributed by atoms with Gasteiger partial charge in [0.05, 0.1) is 18.7 Å². The first kappa shape index (κ1) is 17.2. The van der Waals surface area contributed by atoms with Gasteiger partial charge in [-0.05, 0) is 38.1 Å². The molecule has 3 N–H and O–H groups in total. The first-order chi connectivity index (χ1) is 10.3. The summed E-state index contributed by atoms with van der Waals surface area (Å²) in [5, 5.41) is 14.3. The minimum Gasteiger partial charge on any atom is -0.478 e. The highest BCUT2D eigenvalue weighted by Gasteiger charge is 2.13. The van der Waals surface area contributed by atoms with Gasteiger partial charge in [-0.3, -0.25) is 4.79 Å². The lowest BCUT2D eigenvalue weighted by Gasteiger charge is -2.13. The third-order valence-electron chi connectivity index (χ3n) is 2.54. The number of aromatic carboxylic acids is 1. The quantitative estimate of drug-likeness (QED) is 0.542. The maximum Gasteiger partial charge on any atom is 0.335 e. The molecule has 118 valence electrons. The van der Waals surface area contributed by atoms with Gasteiger partial charge in [0.15, 0.2) is 0 Å². The molecule has 0 unspecified atom stereocenters. The number of rotatable bonds is 6. The number of carboxylic acid groups (broad SMARTS) is 1. The van der Waals surface area contributed by atoms with E-state index in [0.29, 0.717) is 5.69 Å². The summed E-state index contributed by atoms with van der Waals surface area (Å²) in [5.41, 5.74) is 0.596. The molecule has 0 heterocycles. The summed E-state index contributed by atoms with van der Waals surface area (Å²) < 4.78 is 4.51. The Hall–Kier alpha value is -2.83. The number of hydrogen-bond donors (Lipinski definition) is 3. The number of hydrogen-bond acceptors (Lipinski definition) is 5. The van der Waals surface area contributed by atoms with Crippen molar-refractivity contribution in [2.45, 2.75) is 19.9 Å². The molecular weight excluding hydrogens is 288 g/mol. The van der Waals surface area contributed by atoms with Crippen LogP contribution in [0.2, 0.25) is 0 Å². The average molecular weight is 306 g/mol. The minimum absolute atomic E-state index is 0.00336. The van der Waals surface area contributed by atoms with Crippen molar-refractivity contribution in [3.8, 4) is 0 Å². The van der Waals surface area contributed by atoms with E-state index in [1.165, 1.54) is 31.4 Å². The Labute approximate surface area is 128 Å². The summed E-state index contributed by atoms with van der Waals surface area (Å²) in [7, 11) is 1.21. The van der Waals surface area contributed by atoms with Crippen LogP contribution in [0.1, 0.15) is 24.2 Å². The van der Waals surface area contributed by atoms with Crippen LogP contribution in [0.5, 0.6) is 0 Å². The predicted molar refractivity (Wildman–Crippen MR) is 80.4 cm³/mol. The number of methoxy groups -OCH3 is 1. The molecule has 1 amide bonds. The molecule has 0 aliphatic carbocycles. The van der Waals surface area contributed by atoms with Crippen LogP contribution in [0.4, 0.5) is 5.69 Å². The fourth-order valence-corrected chi connectivity index (χ4v) is 1.53. The number of ether oxygens (including phenoxy) is 1. The molecule has 0 radical (unpaired) electrons. The van der Waals surface area contributed by atoms with E-state index in [9.17, 15) is 14.4 Å². The number of carboxylic acids is 1. The molecule has 7 heteroatoms. The molecule has 0 aliphatic heterocycles. The molecule has 1 aromatic rings. The molecule has 0 fully saturated rings. The summed E-state index contributed by atoms with van der Waals surface area (Å²) >= 11 is 0. The lowest BCUT2D eigenvalue weighted by molar-refractivity contribution is -0.135. The monoisotopic (exact) mass is 306 g/mol. The number of anilines is 1. The van der Waals surface area contributed by atoms with E-state index >= 15 is 0 Å². The van der Waals surface area contributed by atoms with Crippen LogP contribution in [0.15, 0.2) is 36.0 Å². The van der Waals surface area contributed by atoms with E-state index < -0.39 is 17.8 Å². The van der Waals surface area contributed by atoms with Crippen LogP contribution in [-0.2, 0) is 14.3 Å². The topological polar surface area (TPSA) is 105 Å². The van der Waals surface area contributed by atoms with Gasteiger partial charge in [0.25, 0.3) is 5.91 Å². The molecule has 0 aromatic heterocycles. The van der Waals surface area contributed by atoms with E-state index in [1.54, 1.807) is 13.8 Å². The highest BCUT2D eigenvalue weighted by molar-refractivity contribution is 6.01. The van der Waals surface area contributed by atoms with Crippen LogP contribution in [0.3, 0.4) is 0 Å². The lowest BCUT2D eigenvalue weighted by Crippen LogP contribution is -2.34. The summed E-state index contributed by atoms with van der Waals surface area (Å²) in [5.74, 6) is -2.19. The Bertz CT molecular complexity index is 590. The number of carbonyl (C=O) groups excluding carboxylic acids is 2. The van der Waals surface area contributed by atoms with Crippen molar-refractivity contribution in [3.63, 3.8) is 0 Å². The van der Waals surface area contributed by atoms with E-state index in [4.69, 9.17) is 5.11 Å². The van der Waals surface area contributed by atoms with Crippen molar-refractivity contribution in [3.05, 3.63) is 41.6 Å². The van der Waals surface area contributed by atoms with Crippen LogP contribution >= 0.6 is 0 Å². The standard InChI is InChI=1S/C15H18N2O5/c1-9(2)16-14(19)12(8-13(18)22-3)17-11-6-4-10(5-7-11)15(20)21/h4-9,17H,1-3H3,(H,16,19)(H,20,21)/b12-8-. The normalized spacial score (nSPS) is 11.0. The first-order valence-electron chi connectivity index (χ1n) is 6.54. The van der Waals surface area contributed by atoms with Crippen LogP contribution < -0.4 is 10.6 Å². The van der Waals surface area contributed by atoms with Gasteiger partial charge in [-0.2, -0.15) is 0 Å². The van der Waals surface area contributed by atoms with E-state index in [0.717, 1.165) is 6.08 Å². The fraction of sp³-hybridized carbons (Fsp3) is 0.267. The van der Waals surface area contributed by atoms with Gasteiger partial charge >= 0.3 is 11.9 Å². The van der Waals surface area contributed by atoms with Crippen LogP contribution in [0.25, 0.3) is 0 Å². The number of benzene rings is 1. The van der Waals surface area contributed by atoms with Crippen molar-refractivity contribution >= 4 is 23.5 Å². The molecule has 22 heavy (non-hydrogen) atoms. The maximum absolute atomic E-state index is 12.0. The summed E-state index contributed by atoms with van der Waals surface area (Å²) in [6, 6.07) is 5.67. The summed E-state index contributed by atoms with van der Waals surface area (Å²) in [6.07, 6.45) is 1.03. The Balaban J connectivity index is 2.97. The van der Waals surface area contributed by atoms with E-state index in [-0.39, 0.29) is 17.3 Å². The van der Waals surface area contributed by atoms with Crippen molar-refractivity contribution in [1.82, 2.24) is 5.32 Å². The zero-order chi connectivity index (χ0) is 16.7. The van der Waals surface area contributed by atoms with Gasteiger partial charge in [-0.1, -0.05) is 0 Å². The Morgan fingerprint density at radius 3 is 2.23 bits per heavy atom. The minimum atomic E-state index is -1.05. The zero-order valence-electron chi connectivity index (χ0n) is 12.5. The Morgan fingerprint density at radius 2 is 1.77 bits per heavy atom. The predicted octanol–water partition coefficient (Wildman–Crippen LogP) is 1.38. The molecule has 7 nitrogen and oxygen atoms in total. The summed E-state index contributed by atoms with van der Waals surface area (Å²) in [6.45, 7) is 3.57. The maximum atomic E-state index is 12.0. The molecule has 0 bridgehead atoms. The SMILES string of the molecule is COC(=O)/C=C(\Nc1ccc(C(=O)O)cc1)C(=O)NC(C)C. The average Bonchev–Trinajstić information content (AvgIpc) is 2.46. The highest BCUT2D eigenvalue weighted by atomic mass is 16.5. The number of carbonyl (C=O) groups is 3. The fourth-order valence-electron chi connectivity index (χ4n) is 1.53. The van der Waals surface area contributed by atoms with Gasteiger partial charge in [0, 0.05) is 11.7 Å². The Morgan fingerprint density at radius 1 is 1.18 bits per heavy atom. The number of esters is 1. The van der Waals surface area contributed by atoms with Crippen molar-refractivity contribution in [2.24, 2.45) is 0 Å². The van der Waals surface area contributed by atoms with Crippen molar-refractivity contribution in [1.29, 1.82) is 0 Å². The van der Waals surface area contributed by atoms with Crippen LogP contribution in [0, 0.1) is 0 Å². The molecule has 0 atom stereocenters. The zero-order valence-corrected chi connectivity index (χ0v) is 12.5. The molecule has 0 spiro atoms. The third kappa shape index (κ3) is 5.28. The van der Waals surface area contributed by atoms with Gasteiger partial charge in [-0.15, -0.1) is 0 Å². The van der Waals surface area contributed by atoms with Crippen molar-refractivity contribution in [2.75, 3.05) is 12.4 Å². The second kappa shape index (κ2) is 7.82. The lowest BCUT2D eigenvalue weighted by atomic mass is 10.2. The third-order valence-corrected chi connectivity index (χ3v) is 2.54. The van der Waals surface area contributed by atoms with Gasteiger partial charge in [0.1, 0.15) is 5.70 Å². The number of amides is 1. The molecule has 0 saturated carbocycles. The largest absolute Gasteiger partial charge is 0.478 e. The van der Waals surface area contributed by atoms with Gasteiger partial charge in [0.2, 0.25) is 0 Å². The highest BCUT2D eigenvalue weighted by Crippen LogP contribution is 2.12. The summed E-state index contributed by atoms with van der Waals surface area (Å²) in [4.78, 5) is 34.2. The molecule has 0 aliphatic rings. The number of nitrogens with one attached hydrogen (secondary N) is 2. The molecule has 1 rings (SSSR count). The second-order valence-corrected chi connectivity index (χ2v) is 4.72. The second-order valence-electron chi connectivity index (χ2n) is 4.72. The van der Waals surface area contributed by atoms with E-state index in [1.807, 2.05) is 0 Å². The smallest absolute Gasteiger partial charge is 0.335 e. The van der Waals surface area contributed by atoms with Crippen molar-refractivity contribution < 1.29 is 24.2 Å². The molecular formula is C15H18N2O5.